The maximum absolute atomic E-state index is 12.8. The van der Waals surface area contributed by atoms with Crippen molar-refractivity contribution in [1.29, 1.82) is 0 Å². The van der Waals surface area contributed by atoms with Crippen LogP contribution in [0.3, 0.4) is 0 Å². The summed E-state index contributed by atoms with van der Waals surface area (Å²) in [5, 5.41) is 3.04. The lowest BCUT2D eigenvalue weighted by Gasteiger charge is -2.49. The number of carbonyl (C=O) groups is 2. The van der Waals surface area contributed by atoms with Gasteiger partial charge in [0.15, 0.2) is 12.1 Å². The van der Waals surface area contributed by atoms with Gasteiger partial charge in [-0.15, -0.1) is 0 Å². The van der Waals surface area contributed by atoms with Crippen molar-refractivity contribution in [3.05, 3.63) is 36.1 Å². The number of oxazole rings is 1. The van der Waals surface area contributed by atoms with E-state index in [4.69, 9.17) is 4.42 Å². The standard InChI is InChI=1S/C21H29N5O3/c1-5-15(13(2)3)8-17(27)25-10-21(11-25)9-16(19-22-6-7-26(19)21)24-20(28)18-14(4)29-12-23-18/h6-7,12-13,15-16H,5,8-11H2,1-4H3,(H,24,28). The van der Waals surface area contributed by atoms with Gasteiger partial charge in [-0.1, -0.05) is 27.2 Å². The van der Waals surface area contributed by atoms with E-state index >= 15 is 0 Å². The minimum Gasteiger partial charge on any atom is -0.448 e. The fourth-order valence-corrected chi connectivity index (χ4v) is 4.74. The third-order valence-electron chi connectivity index (χ3n) is 6.57. The summed E-state index contributed by atoms with van der Waals surface area (Å²) < 4.78 is 7.27. The van der Waals surface area contributed by atoms with Gasteiger partial charge in [0.1, 0.15) is 11.6 Å². The third kappa shape index (κ3) is 3.34. The number of hydrogen-bond acceptors (Lipinski definition) is 5. The lowest BCUT2D eigenvalue weighted by atomic mass is 9.84. The number of fused-ring (bicyclic) bond motifs is 2. The Hall–Kier alpha value is -2.64. The molecular formula is C21H29N5O3. The molecule has 1 spiro atoms. The SMILES string of the molecule is CCC(CC(=O)N1CC2(CC(NC(=O)c3ncoc3C)c3nccn32)C1)C(C)C. The van der Waals surface area contributed by atoms with Gasteiger partial charge in [0.05, 0.1) is 11.6 Å². The van der Waals surface area contributed by atoms with Crippen molar-refractivity contribution >= 4 is 11.8 Å². The molecule has 2 amide bonds. The van der Waals surface area contributed by atoms with Gasteiger partial charge in [-0.25, -0.2) is 9.97 Å². The van der Waals surface area contributed by atoms with Crippen LogP contribution in [-0.4, -0.2) is 44.3 Å². The molecule has 0 bridgehead atoms. The molecule has 156 valence electrons. The molecule has 1 N–H and O–H groups in total. The molecule has 2 unspecified atom stereocenters. The lowest BCUT2D eigenvalue weighted by molar-refractivity contribution is -0.143. The highest BCUT2D eigenvalue weighted by atomic mass is 16.3. The van der Waals surface area contributed by atoms with Gasteiger partial charge in [-0.2, -0.15) is 0 Å². The van der Waals surface area contributed by atoms with Crippen LogP contribution in [0.1, 0.15) is 68.1 Å². The molecule has 0 radical (unpaired) electrons. The van der Waals surface area contributed by atoms with Crippen LogP contribution in [-0.2, 0) is 10.3 Å². The Morgan fingerprint density at radius 1 is 1.34 bits per heavy atom. The minimum absolute atomic E-state index is 0.183. The molecule has 1 fully saturated rings. The predicted octanol–water partition coefficient (Wildman–Crippen LogP) is 2.66. The number of carbonyl (C=O) groups excluding carboxylic acids is 2. The maximum Gasteiger partial charge on any atom is 0.274 e. The number of aromatic nitrogens is 3. The molecule has 0 aromatic carbocycles. The van der Waals surface area contributed by atoms with E-state index in [1.165, 1.54) is 6.39 Å². The summed E-state index contributed by atoms with van der Waals surface area (Å²) in [7, 11) is 0. The number of nitrogens with zero attached hydrogens (tertiary/aromatic N) is 4. The van der Waals surface area contributed by atoms with Crippen molar-refractivity contribution in [1.82, 2.24) is 24.8 Å². The molecule has 2 aromatic rings. The Bertz CT molecular complexity index is 909. The summed E-state index contributed by atoms with van der Waals surface area (Å²) in [6.07, 6.45) is 7.33. The predicted molar refractivity (Wildman–Crippen MR) is 106 cm³/mol. The molecule has 0 saturated carbocycles. The zero-order valence-electron chi connectivity index (χ0n) is 17.5. The number of hydrogen-bond donors (Lipinski definition) is 1. The van der Waals surface area contributed by atoms with Crippen molar-refractivity contribution in [2.75, 3.05) is 13.1 Å². The second-order valence-electron chi connectivity index (χ2n) is 8.73. The first-order chi connectivity index (χ1) is 13.8. The number of aryl methyl sites for hydroxylation is 1. The van der Waals surface area contributed by atoms with E-state index in [9.17, 15) is 9.59 Å². The molecule has 0 aliphatic carbocycles. The molecule has 4 rings (SSSR count). The molecule has 2 atom stereocenters. The minimum atomic E-state index is -0.261. The van der Waals surface area contributed by atoms with Crippen LogP contribution in [0.15, 0.2) is 23.2 Å². The molecule has 2 aromatic heterocycles. The van der Waals surface area contributed by atoms with Crippen molar-refractivity contribution in [3.63, 3.8) is 0 Å². The highest BCUT2D eigenvalue weighted by molar-refractivity contribution is 5.93. The van der Waals surface area contributed by atoms with Crippen LogP contribution in [0.4, 0.5) is 0 Å². The number of amides is 2. The fraction of sp³-hybridized carbons (Fsp3) is 0.619. The lowest BCUT2D eigenvalue weighted by Crippen LogP contribution is -2.63. The normalized spacial score (nSPS) is 20.6. The van der Waals surface area contributed by atoms with Gasteiger partial charge < -0.3 is 19.2 Å². The summed E-state index contributed by atoms with van der Waals surface area (Å²) in [4.78, 5) is 35.8. The van der Waals surface area contributed by atoms with Gasteiger partial charge in [0.25, 0.3) is 5.91 Å². The monoisotopic (exact) mass is 399 g/mol. The van der Waals surface area contributed by atoms with E-state index in [1.54, 1.807) is 13.1 Å². The first-order valence-electron chi connectivity index (χ1n) is 10.4. The molecule has 2 aliphatic heterocycles. The molecule has 8 heteroatoms. The number of imidazole rings is 1. The van der Waals surface area contributed by atoms with Crippen LogP contribution >= 0.6 is 0 Å². The van der Waals surface area contributed by atoms with Gasteiger partial charge >= 0.3 is 0 Å². The third-order valence-corrected chi connectivity index (χ3v) is 6.57. The number of rotatable bonds is 6. The average Bonchev–Trinajstić information content (AvgIpc) is 3.34. The topological polar surface area (TPSA) is 93.3 Å². The summed E-state index contributed by atoms with van der Waals surface area (Å²) >= 11 is 0. The highest BCUT2D eigenvalue weighted by Gasteiger charge is 2.53. The van der Waals surface area contributed by atoms with Crippen molar-refractivity contribution in [2.24, 2.45) is 11.8 Å². The Labute approximate surface area is 170 Å². The van der Waals surface area contributed by atoms with E-state index in [1.807, 2.05) is 11.1 Å². The second-order valence-corrected chi connectivity index (χ2v) is 8.73. The van der Waals surface area contributed by atoms with Crippen LogP contribution in [0, 0.1) is 18.8 Å². The van der Waals surface area contributed by atoms with Crippen molar-refractivity contribution in [2.45, 2.75) is 58.5 Å². The van der Waals surface area contributed by atoms with E-state index in [2.05, 4.69) is 40.6 Å². The van der Waals surface area contributed by atoms with E-state index < -0.39 is 0 Å². The van der Waals surface area contributed by atoms with E-state index in [0.717, 1.165) is 18.7 Å². The number of likely N-dealkylation sites (tertiary alicyclic amines) is 1. The van der Waals surface area contributed by atoms with Gasteiger partial charge in [0.2, 0.25) is 5.91 Å². The Morgan fingerprint density at radius 2 is 2.10 bits per heavy atom. The van der Waals surface area contributed by atoms with E-state index in [-0.39, 0.29) is 23.4 Å². The smallest absolute Gasteiger partial charge is 0.274 e. The van der Waals surface area contributed by atoms with Gasteiger partial charge in [0, 0.05) is 38.3 Å². The van der Waals surface area contributed by atoms with Gasteiger partial charge in [-0.05, 0) is 18.8 Å². The molecule has 2 aliphatic rings. The molecule has 1 saturated heterocycles. The summed E-state index contributed by atoms with van der Waals surface area (Å²) in [5.41, 5.74) is 0.117. The summed E-state index contributed by atoms with van der Waals surface area (Å²) in [5.74, 6) is 2.22. The largest absolute Gasteiger partial charge is 0.448 e. The fourth-order valence-electron chi connectivity index (χ4n) is 4.74. The quantitative estimate of drug-likeness (QED) is 0.806. The van der Waals surface area contributed by atoms with Crippen molar-refractivity contribution in [3.8, 4) is 0 Å². The van der Waals surface area contributed by atoms with Crippen molar-refractivity contribution < 1.29 is 14.0 Å². The summed E-state index contributed by atoms with van der Waals surface area (Å²) in [6.45, 7) is 9.55. The first kappa shape index (κ1) is 19.7. The van der Waals surface area contributed by atoms with Crippen LogP contribution in [0.25, 0.3) is 0 Å². The Morgan fingerprint density at radius 3 is 2.72 bits per heavy atom. The van der Waals surface area contributed by atoms with Crippen LogP contribution in [0.5, 0.6) is 0 Å². The second kappa shape index (κ2) is 7.31. The molecule has 4 heterocycles. The zero-order valence-corrected chi connectivity index (χ0v) is 17.5. The van der Waals surface area contributed by atoms with Crippen LogP contribution < -0.4 is 5.32 Å². The highest BCUT2D eigenvalue weighted by Crippen LogP contribution is 2.45. The van der Waals surface area contributed by atoms with Gasteiger partial charge in [-0.3, -0.25) is 9.59 Å². The van der Waals surface area contributed by atoms with E-state index in [0.29, 0.717) is 42.8 Å². The molecular weight excluding hydrogens is 370 g/mol. The maximum atomic E-state index is 12.8. The average molecular weight is 399 g/mol. The first-order valence-corrected chi connectivity index (χ1v) is 10.4. The van der Waals surface area contributed by atoms with Crippen LogP contribution in [0.2, 0.25) is 0 Å². The molecule has 8 nitrogen and oxygen atoms in total. The Balaban J connectivity index is 1.43. The summed E-state index contributed by atoms with van der Waals surface area (Å²) in [6, 6.07) is -0.204. The zero-order chi connectivity index (χ0) is 20.8. The molecule has 29 heavy (non-hydrogen) atoms. The number of nitrogens with one attached hydrogen (secondary N) is 1. The Kier molecular flexibility index (Phi) is 4.96.